The Morgan fingerprint density at radius 3 is 2.84 bits per heavy atom. The lowest BCUT2D eigenvalue weighted by Crippen LogP contribution is -2.13. The summed E-state index contributed by atoms with van der Waals surface area (Å²) in [6, 6.07) is 13.3. The van der Waals surface area contributed by atoms with E-state index in [2.05, 4.69) is 39.6 Å². The van der Waals surface area contributed by atoms with Crippen LogP contribution in [0.2, 0.25) is 0 Å². The summed E-state index contributed by atoms with van der Waals surface area (Å²) in [5, 5.41) is 11.4. The fourth-order valence-corrected chi connectivity index (χ4v) is 2.60. The molecule has 3 aromatic heterocycles. The summed E-state index contributed by atoms with van der Waals surface area (Å²) in [6.07, 6.45) is 5.25. The zero-order valence-electron chi connectivity index (χ0n) is 13.6. The van der Waals surface area contributed by atoms with E-state index in [9.17, 15) is 4.79 Å². The van der Waals surface area contributed by atoms with E-state index in [1.807, 2.05) is 18.3 Å². The minimum atomic E-state index is -0.313. The maximum absolute atomic E-state index is 12.3. The standard InChI is InChI=1S/C18H16N6O/c1-13-5-2-3-6-14(13)12-23-10-7-16(22-23)20-18(25)15-11-17-19-8-4-9-24(17)21-15/h2-11H,12H2,1H3,(H,20,22,25). The summed E-state index contributed by atoms with van der Waals surface area (Å²) in [5.74, 6) is 0.176. The molecule has 1 N–H and O–H groups in total. The summed E-state index contributed by atoms with van der Waals surface area (Å²) in [4.78, 5) is 16.5. The Kier molecular flexibility index (Phi) is 3.74. The highest BCUT2D eigenvalue weighted by atomic mass is 16.2. The second kappa shape index (κ2) is 6.20. The van der Waals surface area contributed by atoms with Crippen LogP contribution in [-0.2, 0) is 6.54 Å². The van der Waals surface area contributed by atoms with Crippen molar-refractivity contribution in [2.24, 2.45) is 0 Å². The third-order valence-corrected chi connectivity index (χ3v) is 3.94. The third kappa shape index (κ3) is 3.12. The molecule has 4 rings (SSSR count). The second-order valence-electron chi connectivity index (χ2n) is 5.73. The van der Waals surface area contributed by atoms with Crippen molar-refractivity contribution in [2.75, 3.05) is 5.32 Å². The molecule has 0 bridgehead atoms. The van der Waals surface area contributed by atoms with Crippen molar-refractivity contribution in [3.05, 3.63) is 77.9 Å². The SMILES string of the molecule is Cc1ccccc1Cn1ccc(NC(=O)c2cc3ncccn3n2)n1. The minimum absolute atomic E-state index is 0.298. The second-order valence-corrected chi connectivity index (χ2v) is 5.73. The van der Waals surface area contributed by atoms with Gasteiger partial charge in [-0.2, -0.15) is 10.2 Å². The molecule has 3 heterocycles. The van der Waals surface area contributed by atoms with Crippen LogP contribution in [-0.4, -0.2) is 30.3 Å². The van der Waals surface area contributed by atoms with Gasteiger partial charge in [-0.25, -0.2) is 9.50 Å². The molecule has 7 heteroatoms. The fraction of sp³-hybridized carbons (Fsp3) is 0.111. The van der Waals surface area contributed by atoms with Crippen LogP contribution in [0.1, 0.15) is 21.6 Å². The van der Waals surface area contributed by atoms with Gasteiger partial charge in [-0.3, -0.25) is 9.48 Å². The van der Waals surface area contributed by atoms with Gasteiger partial charge in [0.2, 0.25) is 0 Å². The van der Waals surface area contributed by atoms with Crippen LogP contribution in [0.15, 0.2) is 61.1 Å². The molecule has 124 valence electrons. The van der Waals surface area contributed by atoms with Crippen LogP contribution in [0.5, 0.6) is 0 Å². The van der Waals surface area contributed by atoms with Gasteiger partial charge >= 0.3 is 0 Å². The largest absolute Gasteiger partial charge is 0.304 e. The zero-order valence-corrected chi connectivity index (χ0v) is 13.6. The average Bonchev–Trinajstić information content (AvgIpc) is 3.23. The number of hydrogen-bond acceptors (Lipinski definition) is 4. The number of aromatic nitrogens is 5. The predicted octanol–water partition coefficient (Wildman–Crippen LogP) is 2.53. The molecular weight excluding hydrogens is 316 g/mol. The highest BCUT2D eigenvalue weighted by Gasteiger charge is 2.13. The summed E-state index contributed by atoms with van der Waals surface area (Å²) in [6.45, 7) is 2.72. The summed E-state index contributed by atoms with van der Waals surface area (Å²) < 4.78 is 3.36. The Morgan fingerprint density at radius 1 is 1.12 bits per heavy atom. The first-order valence-corrected chi connectivity index (χ1v) is 7.89. The number of rotatable bonds is 4. The lowest BCUT2D eigenvalue weighted by Gasteiger charge is -2.05. The van der Waals surface area contributed by atoms with Gasteiger partial charge in [0.05, 0.1) is 6.54 Å². The first-order valence-electron chi connectivity index (χ1n) is 7.89. The number of hydrogen-bond donors (Lipinski definition) is 1. The number of aryl methyl sites for hydroxylation is 1. The van der Waals surface area contributed by atoms with Crippen molar-refractivity contribution in [1.29, 1.82) is 0 Å². The van der Waals surface area contributed by atoms with E-state index in [0.29, 0.717) is 23.7 Å². The number of fused-ring (bicyclic) bond motifs is 1. The molecule has 1 aromatic carbocycles. The Morgan fingerprint density at radius 2 is 2.00 bits per heavy atom. The van der Waals surface area contributed by atoms with Gasteiger partial charge in [-0.1, -0.05) is 24.3 Å². The van der Waals surface area contributed by atoms with Crippen LogP contribution in [0.25, 0.3) is 5.65 Å². The normalized spacial score (nSPS) is 10.9. The Labute approximate surface area is 143 Å². The molecule has 0 spiro atoms. The first-order chi connectivity index (χ1) is 12.2. The summed E-state index contributed by atoms with van der Waals surface area (Å²) >= 11 is 0. The van der Waals surface area contributed by atoms with Gasteiger partial charge in [0.1, 0.15) is 0 Å². The zero-order chi connectivity index (χ0) is 17.2. The van der Waals surface area contributed by atoms with Gasteiger partial charge in [0.25, 0.3) is 5.91 Å². The number of carbonyl (C=O) groups excluding carboxylic acids is 1. The fourth-order valence-electron chi connectivity index (χ4n) is 2.60. The molecular formula is C18H16N6O. The van der Waals surface area contributed by atoms with Crippen molar-refractivity contribution in [3.8, 4) is 0 Å². The predicted molar refractivity (Wildman–Crippen MR) is 93.4 cm³/mol. The van der Waals surface area contributed by atoms with Crippen molar-refractivity contribution >= 4 is 17.4 Å². The number of amides is 1. The summed E-state index contributed by atoms with van der Waals surface area (Å²) in [7, 11) is 0. The third-order valence-electron chi connectivity index (χ3n) is 3.94. The van der Waals surface area contributed by atoms with Gasteiger partial charge in [-0.05, 0) is 24.1 Å². The Hall–Kier alpha value is -3.48. The Balaban J connectivity index is 1.49. The molecule has 0 aliphatic heterocycles. The summed E-state index contributed by atoms with van der Waals surface area (Å²) in [5.41, 5.74) is 3.32. The number of anilines is 1. The van der Waals surface area contributed by atoms with Crippen LogP contribution in [0.3, 0.4) is 0 Å². The highest BCUT2D eigenvalue weighted by molar-refractivity contribution is 6.02. The number of carbonyl (C=O) groups is 1. The van der Waals surface area contributed by atoms with Crippen LogP contribution in [0.4, 0.5) is 5.82 Å². The molecule has 0 saturated heterocycles. The van der Waals surface area contributed by atoms with E-state index in [-0.39, 0.29) is 5.91 Å². The lowest BCUT2D eigenvalue weighted by atomic mass is 10.1. The van der Waals surface area contributed by atoms with Crippen molar-refractivity contribution in [1.82, 2.24) is 24.4 Å². The molecule has 4 aromatic rings. The smallest absolute Gasteiger partial charge is 0.277 e. The highest BCUT2D eigenvalue weighted by Crippen LogP contribution is 2.11. The molecule has 1 amide bonds. The molecule has 0 fully saturated rings. The topological polar surface area (TPSA) is 77.1 Å². The van der Waals surface area contributed by atoms with Crippen molar-refractivity contribution in [3.63, 3.8) is 0 Å². The Bertz CT molecular complexity index is 1020. The molecule has 0 aliphatic rings. The van der Waals surface area contributed by atoms with E-state index in [4.69, 9.17) is 0 Å². The molecule has 0 saturated carbocycles. The first kappa shape index (κ1) is 15.1. The van der Waals surface area contributed by atoms with Gasteiger partial charge < -0.3 is 5.32 Å². The number of nitrogens with zero attached hydrogens (tertiary/aromatic N) is 5. The van der Waals surface area contributed by atoms with E-state index < -0.39 is 0 Å². The quantitative estimate of drug-likeness (QED) is 0.623. The monoisotopic (exact) mass is 332 g/mol. The number of nitrogens with one attached hydrogen (secondary N) is 1. The molecule has 0 radical (unpaired) electrons. The molecule has 0 unspecified atom stereocenters. The van der Waals surface area contributed by atoms with E-state index >= 15 is 0 Å². The molecule has 7 nitrogen and oxygen atoms in total. The maximum Gasteiger partial charge on any atom is 0.277 e. The van der Waals surface area contributed by atoms with Crippen LogP contribution in [0, 0.1) is 6.92 Å². The lowest BCUT2D eigenvalue weighted by molar-refractivity contribution is 0.102. The molecule has 0 atom stereocenters. The molecule has 25 heavy (non-hydrogen) atoms. The van der Waals surface area contributed by atoms with Gasteiger partial charge in [0.15, 0.2) is 17.2 Å². The molecule has 0 aliphatic carbocycles. The van der Waals surface area contributed by atoms with Gasteiger partial charge in [0, 0.05) is 30.7 Å². The van der Waals surface area contributed by atoms with Gasteiger partial charge in [-0.15, -0.1) is 0 Å². The van der Waals surface area contributed by atoms with E-state index in [1.54, 1.807) is 39.8 Å². The van der Waals surface area contributed by atoms with E-state index in [1.165, 1.54) is 11.1 Å². The van der Waals surface area contributed by atoms with Crippen LogP contribution < -0.4 is 5.32 Å². The average molecular weight is 332 g/mol. The number of benzene rings is 1. The van der Waals surface area contributed by atoms with E-state index in [0.717, 1.165) is 0 Å². The van der Waals surface area contributed by atoms with Crippen LogP contribution >= 0.6 is 0 Å². The van der Waals surface area contributed by atoms with Crippen molar-refractivity contribution in [2.45, 2.75) is 13.5 Å². The maximum atomic E-state index is 12.3. The minimum Gasteiger partial charge on any atom is -0.304 e. The van der Waals surface area contributed by atoms with Crippen molar-refractivity contribution < 1.29 is 4.79 Å².